The first-order valence-electron chi connectivity index (χ1n) is 7.24. The molecule has 0 radical (unpaired) electrons. The van der Waals surface area contributed by atoms with Crippen LogP contribution >= 0.6 is 0 Å². The highest BCUT2D eigenvalue weighted by Gasteiger charge is 2.15. The number of nitrogens with one attached hydrogen (secondary N) is 2. The van der Waals surface area contributed by atoms with Gasteiger partial charge >= 0.3 is 6.09 Å². The fourth-order valence-corrected chi connectivity index (χ4v) is 1.69. The predicted octanol–water partition coefficient (Wildman–Crippen LogP) is 2.75. The SMILES string of the molecule is CC(C)(C)OC(=O)NCCCC(=O)NCc1cccc(F)c1. The second-order valence-corrected chi connectivity index (χ2v) is 5.94. The van der Waals surface area contributed by atoms with Gasteiger partial charge in [-0.1, -0.05) is 12.1 Å². The molecule has 2 amide bonds. The maximum Gasteiger partial charge on any atom is 0.407 e. The Balaban J connectivity index is 2.15. The lowest BCUT2D eigenvalue weighted by Gasteiger charge is -2.19. The summed E-state index contributed by atoms with van der Waals surface area (Å²) in [6.45, 7) is 6.00. The molecule has 1 aromatic rings. The second kappa shape index (κ2) is 8.36. The van der Waals surface area contributed by atoms with Crippen LogP contribution in [0.25, 0.3) is 0 Å². The lowest BCUT2D eigenvalue weighted by Crippen LogP contribution is -2.33. The first-order chi connectivity index (χ1) is 10.3. The number of hydrogen-bond acceptors (Lipinski definition) is 3. The van der Waals surface area contributed by atoms with E-state index in [9.17, 15) is 14.0 Å². The van der Waals surface area contributed by atoms with Gasteiger partial charge in [0.05, 0.1) is 0 Å². The average Bonchev–Trinajstić information content (AvgIpc) is 2.39. The number of carbonyl (C=O) groups excluding carboxylic acids is 2. The van der Waals surface area contributed by atoms with Gasteiger partial charge in [0.15, 0.2) is 0 Å². The summed E-state index contributed by atoms with van der Waals surface area (Å²) in [5.41, 5.74) is 0.173. The zero-order chi connectivity index (χ0) is 16.6. The summed E-state index contributed by atoms with van der Waals surface area (Å²) in [6, 6.07) is 6.08. The summed E-state index contributed by atoms with van der Waals surface area (Å²) >= 11 is 0. The van der Waals surface area contributed by atoms with Gasteiger partial charge in [0.25, 0.3) is 0 Å². The minimum absolute atomic E-state index is 0.143. The van der Waals surface area contributed by atoms with Gasteiger partial charge in [0.2, 0.25) is 5.91 Å². The van der Waals surface area contributed by atoms with Crippen LogP contribution in [0.15, 0.2) is 24.3 Å². The maximum absolute atomic E-state index is 13.0. The Morgan fingerprint density at radius 1 is 1.23 bits per heavy atom. The smallest absolute Gasteiger partial charge is 0.407 e. The molecule has 0 unspecified atom stereocenters. The van der Waals surface area contributed by atoms with Crippen molar-refractivity contribution in [3.8, 4) is 0 Å². The summed E-state index contributed by atoms with van der Waals surface area (Å²) in [6.07, 6.45) is 0.298. The van der Waals surface area contributed by atoms with Gasteiger partial charge in [-0.2, -0.15) is 0 Å². The summed E-state index contributed by atoms with van der Waals surface area (Å²) in [5.74, 6) is -0.469. The van der Waals surface area contributed by atoms with Crippen LogP contribution in [0.1, 0.15) is 39.2 Å². The van der Waals surface area contributed by atoms with E-state index in [-0.39, 0.29) is 24.7 Å². The van der Waals surface area contributed by atoms with Crippen LogP contribution in [-0.4, -0.2) is 24.1 Å². The molecule has 122 valence electrons. The minimum Gasteiger partial charge on any atom is -0.444 e. The summed E-state index contributed by atoms with van der Waals surface area (Å²) in [5, 5.41) is 5.29. The van der Waals surface area contributed by atoms with Gasteiger partial charge < -0.3 is 15.4 Å². The van der Waals surface area contributed by atoms with E-state index in [1.165, 1.54) is 12.1 Å². The van der Waals surface area contributed by atoms with Crippen molar-refractivity contribution in [2.45, 2.75) is 45.8 Å². The molecule has 0 aliphatic carbocycles. The molecule has 1 aromatic carbocycles. The van der Waals surface area contributed by atoms with Crippen LogP contribution in [-0.2, 0) is 16.1 Å². The quantitative estimate of drug-likeness (QED) is 0.794. The molecule has 0 saturated heterocycles. The molecular weight excluding hydrogens is 287 g/mol. The molecule has 0 fully saturated rings. The highest BCUT2D eigenvalue weighted by atomic mass is 19.1. The average molecular weight is 310 g/mol. The molecule has 0 spiro atoms. The third-order valence-electron chi connectivity index (χ3n) is 2.63. The van der Waals surface area contributed by atoms with Crippen molar-refractivity contribution in [3.05, 3.63) is 35.6 Å². The Bertz CT molecular complexity index is 512. The monoisotopic (exact) mass is 310 g/mol. The van der Waals surface area contributed by atoms with E-state index >= 15 is 0 Å². The van der Waals surface area contributed by atoms with Gasteiger partial charge in [-0.05, 0) is 44.9 Å². The molecule has 22 heavy (non-hydrogen) atoms. The van der Waals surface area contributed by atoms with Crippen LogP contribution in [0, 0.1) is 5.82 Å². The van der Waals surface area contributed by atoms with E-state index in [0.717, 1.165) is 0 Å². The standard InChI is InChI=1S/C16H23FN2O3/c1-16(2,3)22-15(21)18-9-5-8-14(20)19-11-12-6-4-7-13(17)10-12/h4,6-7,10H,5,8-9,11H2,1-3H3,(H,18,21)(H,19,20). The van der Waals surface area contributed by atoms with Crippen molar-refractivity contribution in [2.75, 3.05) is 6.54 Å². The first-order valence-corrected chi connectivity index (χ1v) is 7.24. The number of rotatable bonds is 6. The molecule has 0 saturated carbocycles. The van der Waals surface area contributed by atoms with E-state index in [1.54, 1.807) is 32.9 Å². The van der Waals surface area contributed by atoms with Crippen molar-refractivity contribution in [1.29, 1.82) is 0 Å². The molecule has 2 N–H and O–H groups in total. The normalized spacial score (nSPS) is 10.9. The molecule has 0 bridgehead atoms. The van der Waals surface area contributed by atoms with Crippen molar-refractivity contribution in [2.24, 2.45) is 0 Å². The number of hydrogen-bond donors (Lipinski definition) is 2. The van der Waals surface area contributed by atoms with E-state index in [0.29, 0.717) is 18.5 Å². The van der Waals surface area contributed by atoms with E-state index in [2.05, 4.69) is 10.6 Å². The largest absolute Gasteiger partial charge is 0.444 e. The third-order valence-corrected chi connectivity index (χ3v) is 2.63. The number of amides is 2. The van der Waals surface area contributed by atoms with Crippen LogP contribution in [0.2, 0.25) is 0 Å². The Labute approximate surface area is 130 Å². The number of halogens is 1. The van der Waals surface area contributed by atoms with Crippen LogP contribution in [0.4, 0.5) is 9.18 Å². The first kappa shape index (κ1) is 17.9. The number of carbonyl (C=O) groups is 2. The third kappa shape index (κ3) is 8.24. The lowest BCUT2D eigenvalue weighted by atomic mass is 10.2. The van der Waals surface area contributed by atoms with Crippen molar-refractivity contribution < 1.29 is 18.7 Å². The van der Waals surface area contributed by atoms with Gasteiger partial charge in [-0.3, -0.25) is 4.79 Å². The Hall–Kier alpha value is -2.11. The molecule has 0 aliphatic heterocycles. The molecule has 0 aliphatic rings. The van der Waals surface area contributed by atoms with Crippen molar-refractivity contribution in [3.63, 3.8) is 0 Å². The van der Waals surface area contributed by atoms with Gasteiger partial charge in [-0.15, -0.1) is 0 Å². The minimum atomic E-state index is -0.535. The zero-order valence-electron chi connectivity index (χ0n) is 13.2. The molecular formula is C16H23FN2O3. The number of benzene rings is 1. The molecule has 1 rings (SSSR count). The number of alkyl carbamates (subject to hydrolysis) is 1. The van der Waals surface area contributed by atoms with Crippen LogP contribution < -0.4 is 10.6 Å². The highest BCUT2D eigenvalue weighted by Crippen LogP contribution is 2.06. The van der Waals surface area contributed by atoms with E-state index < -0.39 is 11.7 Å². The summed E-state index contributed by atoms with van der Waals surface area (Å²) in [7, 11) is 0. The Morgan fingerprint density at radius 2 is 1.95 bits per heavy atom. The molecule has 0 heterocycles. The highest BCUT2D eigenvalue weighted by molar-refractivity contribution is 5.76. The topological polar surface area (TPSA) is 67.4 Å². The zero-order valence-corrected chi connectivity index (χ0v) is 13.2. The van der Waals surface area contributed by atoms with Gasteiger partial charge in [0, 0.05) is 19.5 Å². The molecule has 0 atom stereocenters. The fraction of sp³-hybridized carbons (Fsp3) is 0.500. The Morgan fingerprint density at radius 3 is 2.59 bits per heavy atom. The molecule has 5 nitrogen and oxygen atoms in total. The van der Waals surface area contributed by atoms with Crippen LogP contribution in [0.3, 0.4) is 0 Å². The second-order valence-electron chi connectivity index (χ2n) is 5.94. The van der Waals surface area contributed by atoms with Crippen molar-refractivity contribution in [1.82, 2.24) is 10.6 Å². The summed E-state index contributed by atoms with van der Waals surface area (Å²) < 4.78 is 18.0. The van der Waals surface area contributed by atoms with Gasteiger partial charge in [0.1, 0.15) is 11.4 Å². The molecule has 0 aromatic heterocycles. The fourth-order valence-electron chi connectivity index (χ4n) is 1.69. The van der Waals surface area contributed by atoms with Crippen LogP contribution in [0.5, 0.6) is 0 Å². The summed E-state index contributed by atoms with van der Waals surface area (Å²) in [4.78, 5) is 23.0. The van der Waals surface area contributed by atoms with Gasteiger partial charge in [-0.25, -0.2) is 9.18 Å². The van der Waals surface area contributed by atoms with E-state index in [4.69, 9.17) is 4.74 Å². The van der Waals surface area contributed by atoms with Crippen molar-refractivity contribution >= 4 is 12.0 Å². The maximum atomic E-state index is 13.0. The van der Waals surface area contributed by atoms with E-state index in [1.807, 2.05) is 0 Å². The Kier molecular flexibility index (Phi) is 6.82. The number of ether oxygens (including phenoxy) is 1. The predicted molar refractivity (Wildman–Crippen MR) is 81.7 cm³/mol. The lowest BCUT2D eigenvalue weighted by molar-refractivity contribution is -0.121. The molecule has 6 heteroatoms.